The van der Waals surface area contributed by atoms with Crippen LogP contribution in [0.3, 0.4) is 0 Å². The molecule has 0 nitrogen and oxygen atoms in total. The Bertz CT molecular complexity index is 2250. The Balaban J connectivity index is 1.80. The van der Waals surface area contributed by atoms with Crippen LogP contribution >= 0.6 is 0 Å². The predicted molar refractivity (Wildman–Crippen MR) is 149 cm³/mol. The van der Waals surface area contributed by atoms with Crippen molar-refractivity contribution < 1.29 is 0 Å². The van der Waals surface area contributed by atoms with E-state index in [-0.39, 0.29) is 0 Å². The topological polar surface area (TPSA) is 0 Å². The molecule has 0 fully saturated rings. The lowest BCUT2D eigenvalue weighted by atomic mass is 9.78. The van der Waals surface area contributed by atoms with Gasteiger partial charge in [-0.05, 0) is 97.0 Å². The molecule has 10 rings (SSSR count). The van der Waals surface area contributed by atoms with Crippen molar-refractivity contribution in [3.05, 3.63) is 97.1 Å². The molecule has 10 aromatic rings. The van der Waals surface area contributed by atoms with E-state index in [2.05, 4.69) is 97.1 Å². The molecule has 0 heterocycles. The molecule has 0 radical (unpaired) electrons. The van der Waals surface area contributed by atoms with E-state index < -0.39 is 0 Å². The maximum Gasteiger partial charge on any atom is -0.0000714 e. The average Bonchev–Trinajstić information content (AvgIpc) is 2.90. The standard InChI is InChI=1S/C34H16/c1-5-17-13-15-25-24-12-4-10-22-20-8-2-6-18-14-16-26-23-11-3-9-21-19(7-1)27(17)31(25)33(29(21)23)34(30(22)24)32(26)28(18)20/h1-16H. The molecule has 0 heteroatoms. The van der Waals surface area contributed by atoms with Crippen LogP contribution in [0.2, 0.25) is 0 Å². The molecule has 152 valence electrons. The molecule has 34 heavy (non-hydrogen) atoms. The van der Waals surface area contributed by atoms with Crippen molar-refractivity contribution in [3.8, 4) is 0 Å². The van der Waals surface area contributed by atoms with Gasteiger partial charge in [-0.25, -0.2) is 0 Å². The molecule has 0 unspecified atom stereocenters. The van der Waals surface area contributed by atoms with E-state index in [0.29, 0.717) is 0 Å². The molecular formula is C34H16. The summed E-state index contributed by atoms with van der Waals surface area (Å²) in [5, 5.41) is 25.2. The second-order valence-corrected chi connectivity index (χ2v) is 9.99. The van der Waals surface area contributed by atoms with Gasteiger partial charge in [0.15, 0.2) is 0 Å². The predicted octanol–water partition coefficient (Wildman–Crippen LogP) is 9.82. The molecule has 0 atom stereocenters. The smallest absolute Gasteiger partial charge is 0.0000714 e. The summed E-state index contributed by atoms with van der Waals surface area (Å²) in [6.45, 7) is 0. The Hall–Kier alpha value is -4.42. The lowest BCUT2D eigenvalue weighted by Gasteiger charge is -2.25. The van der Waals surface area contributed by atoms with Gasteiger partial charge in [0, 0.05) is 0 Å². The van der Waals surface area contributed by atoms with Crippen LogP contribution < -0.4 is 0 Å². The molecule has 0 aliphatic carbocycles. The van der Waals surface area contributed by atoms with Crippen molar-refractivity contribution in [2.24, 2.45) is 0 Å². The second-order valence-electron chi connectivity index (χ2n) is 9.99. The van der Waals surface area contributed by atoms with Gasteiger partial charge in [-0.3, -0.25) is 0 Å². The first-order valence-corrected chi connectivity index (χ1v) is 12.0. The highest BCUT2D eigenvalue weighted by Crippen LogP contribution is 2.54. The van der Waals surface area contributed by atoms with Crippen LogP contribution in [0.5, 0.6) is 0 Å². The van der Waals surface area contributed by atoms with Crippen LogP contribution in [0.25, 0.3) is 97.0 Å². The van der Waals surface area contributed by atoms with E-state index in [9.17, 15) is 0 Å². The molecule has 10 aromatic carbocycles. The summed E-state index contributed by atoms with van der Waals surface area (Å²) in [5.41, 5.74) is 0. The van der Waals surface area contributed by atoms with Gasteiger partial charge in [0.25, 0.3) is 0 Å². The molecule has 0 bridgehead atoms. The highest BCUT2D eigenvalue weighted by Gasteiger charge is 2.25. The van der Waals surface area contributed by atoms with Crippen LogP contribution in [0.15, 0.2) is 97.1 Å². The molecule has 0 spiro atoms. The maximum atomic E-state index is 2.37. The lowest BCUT2D eigenvalue weighted by Crippen LogP contribution is -1.96. The summed E-state index contributed by atoms with van der Waals surface area (Å²) < 4.78 is 0. The first-order valence-electron chi connectivity index (χ1n) is 12.0. The van der Waals surface area contributed by atoms with Crippen molar-refractivity contribution in [1.29, 1.82) is 0 Å². The van der Waals surface area contributed by atoms with Crippen molar-refractivity contribution >= 4 is 97.0 Å². The highest BCUT2D eigenvalue weighted by molar-refractivity contribution is 6.54. The van der Waals surface area contributed by atoms with Crippen LogP contribution in [-0.4, -0.2) is 0 Å². The summed E-state index contributed by atoms with van der Waals surface area (Å²) >= 11 is 0. The van der Waals surface area contributed by atoms with E-state index in [1.54, 1.807) is 0 Å². The molecule has 0 aliphatic heterocycles. The molecule has 0 saturated heterocycles. The SMILES string of the molecule is c1cc2ccc3c4cccc5c6cccc7ccc8c9cccc%10c(c1)c2c3c(c%109)c(c54)c8c76. The fourth-order valence-electron chi connectivity index (χ4n) is 7.47. The molecule has 0 amide bonds. The molecule has 0 aromatic heterocycles. The summed E-state index contributed by atoms with van der Waals surface area (Å²) in [6.07, 6.45) is 0. The third kappa shape index (κ3) is 1.51. The van der Waals surface area contributed by atoms with Gasteiger partial charge >= 0.3 is 0 Å². The van der Waals surface area contributed by atoms with E-state index in [1.807, 2.05) is 0 Å². The fraction of sp³-hybridized carbons (Fsp3) is 0. The van der Waals surface area contributed by atoms with Crippen LogP contribution in [0.1, 0.15) is 0 Å². The van der Waals surface area contributed by atoms with Crippen LogP contribution in [0, 0.1) is 0 Å². The fourth-order valence-corrected chi connectivity index (χ4v) is 7.47. The van der Waals surface area contributed by atoms with Crippen molar-refractivity contribution in [1.82, 2.24) is 0 Å². The average molecular weight is 425 g/mol. The summed E-state index contributed by atoms with van der Waals surface area (Å²) in [6, 6.07) is 36.8. The Morgan fingerprint density at radius 3 is 0.941 bits per heavy atom. The zero-order valence-electron chi connectivity index (χ0n) is 18.2. The van der Waals surface area contributed by atoms with E-state index >= 15 is 0 Å². The zero-order chi connectivity index (χ0) is 21.7. The Morgan fingerprint density at radius 2 is 0.529 bits per heavy atom. The van der Waals surface area contributed by atoms with E-state index in [1.165, 1.54) is 97.0 Å². The van der Waals surface area contributed by atoms with Crippen molar-refractivity contribution in [3.63, 3.8) is 0 Å². The van der Waals surface area contributed by atoms with Gasteiger partial charge in [0.2, 0.25) is 0 Å². The third-order valence-corrected chi connectivity index (χ3v) is 8.63. The Kier molecular flexibility index (Phi) is 2.41. The summed E-state index contributed by atoms with van der Waals surface area (Å²) in [4.78, 5) is 0. The third-order valence-electron chi connectivity index (χ3n) is 8.63. The van der Waals surface area contributed by atoms with E-state index in [4.69, 9.17) is 0 Å². The van der Waals surface area contributed by atoms with Gasteiger partial charge in [0.05, 0.1) is 0 Å². The van der Waals surface area contributed by atoms with Crippen molar-refractivity contribution in [2.45, 2.75) is 0 Å². The van der Waals surface area contributed by atoms with Gasteiger partial charge in [-0.1, -0.05) is 97.1 Å². The number of hydrogen-bond acceptors (Lipinski definition) is 0. The zero-order valence-corrected chi connectivity index (χ0v) is 18.2. The first kappa shape index (κ1) is 16.2. The largest absolute Gasteiger partial charge is 0.0610 e. The number of rotatable bonds is 0. The maximum absolute atomic E-state index is 2.37. The van der Waals surface area contributed by atoms with Gasteiger partial charge in [0.1, 0.15) is 0 Å². The number of hydrogen-bond donors (Lipinski definition) is 0. The summed E-state index contributed by atoms with van der Waals surface area (Å²) in [5.74, 6) is 0. The Labute approximate surface area is 193 Å². The number of benzene rings is 10. The lowest BCUT2D eigenvalue weighted by molar-refractivity contribution is 1.80. The van der Waals surface area contributed by atoms with E-state index in [0.717, 1.165) is 0 Å². The van der Waals surface area contributed by atoms with Crippen LogP contribution in [0.4, 0.5) is 0 Å². The first-order chi connectivity index (χ1) is 16.9. The summed E-state index contributed by atoms with van der Waals surface area (Å²) in [7, 11) is 0. The quantitative estimate of drug-likeness (QED) is 0.168. The normalized spacial score (nSPS) is 13.3. The molecule has 0 saturated carbocycles. The van der Waals surface area contributed by atoms with Gasteiger partial charge < -0.3 is 0 Å². The highest BCUT2D eigenvalue weighted by atomic mass is 14.3. The molecule has 0 N–H and O–H groups in total. The van der Waals surface area contributed by atoms with Gasteiger partial charge in [-0.2, -0.15) is 0 Å². The van der Waals surface area contributed by atoms with Gasteiger partial charge in [-0.15, -0.1) is 0 Å². The minimum absolute atomic E-state index is 1.33. The number of fused-ring (bicyclic) bond motifs is 4. The molecule has 0 aliphatic rings. The van der Waals surface area contributed by atoms with Crippen LogP contribution in [-0.2, 0) is 0 Å². The minimum atomic E-state index is 1.33. The van der Waals surface area contributed by atoms with Crippen molar-refractivity contribution in [2.75, 3.05) is 0 Å². The minimum Gasteiger partial charge on any atom is -0.0610 e. The Morgan fingerprint density at radius 1 is 0.206 bits per heavy atom. The second kappa shape index (κ2) is 5.05. The molecular weight excluding hydrogens is 408 g/mol. The monoisotopic (exact) mass is 424 g/mol.